The van der Waals surface area contributed by atoms with Gasteiger partial charge < -0.3 is 19.5 Å². The second kappa shape index (κ2) is 9.18. The molecule has 2 fully saturated rings. The number of aromatic nitrogens is 2. The first-order chi connectivity index (χ1) is 14.5. The van der Waals surface area contributed by atoms with E-state index < -0.39 is 0 Å². The first-order valence-electron chi connectivity index (χ1n) is 10.8. The molecular formula is C23H32N4O3. The fourth-order valence-electron chi connectivity index (χ4n) is 4.31. The zero-order valence-electron chi connectivity index (χ0n) is 18.2. The van der Waals surface area contributed by atoms with Crippen LogP contribution in [0.2, 0.25) is 0 Å². The number of anilines is 1. The maximum atomic E-state index is 10.2. The quantitative estimate of drug-likeness (QED) is 0.809. The van der Waals surface area contributed by atoms with Crippen LogP contribution in [0.3, 0.4) is 0 Å². The number of aryl methyl sites for hydroxylation is 1. The Morgan fingerprint density at radius 2 is 1.83 bits per heavy atom. The summed E-state index contributed by atoms with van der Waals surface area (Å²) in [5, 5.41) is 10.2. The third-order valence-electron chi connectivity index (χ3n) is 6.32. The molecule has 2 aliphatic heterocycles. The Bertz CT molecular complexity index is 875. The van der Waals surface area contributed by atoms with Gasteiger partial charge in [0, 0.05) is 42.4 Å². The number of morpholine rings is 1. The van der Waals surface area contributed by atoms with E-state index in [2.05, 4.69) is 23.6 Å². The summed E-state index contributed by atoms with van der Waals surface area (Å²) in [6, 6.07) is 5.41. The number of methoxy groups -OCH3 is 1. The average Bonchev–Trinajstić information content (AvgIpc) is 2.78. The van der Waals surface area contributed by atoms with Gasteiger partial charge in [0.2, 0.25) is 0 Å². The monoisotopic (exact) mass is 412 g/mol. The molecule has 0 radical (unpaired) electrons. The lowest BCUT2D eigenvalue weighted by Gasteiger charge is -2.33. The van der Waals surface area contributed by atoms with Crippen molar-refractivity contribution in [3.8, 4) is 11.5 Å². The average molecular weight is 413 g/mol. The van der Waals surface area contributed by atoms with Gasteiger partial charge in [-0.2, -0.15) is 0 Å². The molecule has 0 atom stereocenters. The van der Waals surface area contributed by atoms with Gasteiger partial charge in [-0.15, -0.1) is 0 Å². The summed E-state index contributed by atoms with van der Waals surface area (Å²) < 4.78 is 10.8. The van der Waals surface area contributed by atoms with Gasteiger partial charge in [0.25, 0.3) is 0 Å². The van der Waals surface area contributed by atoms with Crippen molar-refractivity contribution in [2.75, 3.05) is 51.4 Å². The molecule has 7 nitrogen and oxygen atoms in total. The number of phenolic OH excluding ortho intramolecular Hbond substituents is 1. The molecule has 0 saturated carbocycles. The van der Waals surface area contributed by atoms with E-state index in [1.165, 1.54) is 5.56 Å². The maximum absolute atomic E-state index is 10.2. The van der Waals surface area contributed by atoms with Crippen LogP contribution in [0.25, 0.3) is 0 Å². The van der Waals surface area contributed by atoms with Gasteiger partial charge in [0.15, 0.2) is 0 Å². The number of nitrogens with zero attached hydrogens (tertiary/aromatic N) is 4. The minimum absolute atomic E-state index is 0.325. The smallest absolute Gasteiger partial charge is 0.135 e. The molecule has 162 valence electrons. The predicted molar refractivity (Wildman–Crippen MR) is 116 cm³/mol. The van der Waals surface area contributed by atoms with Gasteiger partial charge in [-0.3, -0.25) is 4.90 Å². The third-order valence-corrected chi connectivity index (χ3v) is 6.32. The highest BCUT2D eigenvalue weighted by Crippen LogP contribution is 2.31. The molecular weight excluding hydrogens is 380 g/mol. The second-order valence-electron chi connectivity index (χ2n) is 8.26. The number of piperidine rings is 1. The van der Waals surface area contributed by atoms with E-state index in [0.29, 0.717) is 11.7 Å². The van der Waals surface area contributed by atoms with Gasteiger partial charge in [0.1, 0.15) is 23.1 Å². The molecule has 3 heterocycles. The maximum Gasteiger partial charge on any atom is 0.135 e. The number of hydrogen-bond acceptors (Lipinski definition) is 7. The zero-order chi connectivity index (χ0) is 21.1. The van der Waals surface area contributed by atoms with Gasteiger partial charge in [-0.1, -0.05) is 0 Å². The predicted octanol–water partition coefficient (Wildman–Crippen LogP) is 3.02. The highest BCUT2D eigenvalue weighted by Gasteiger charge is 2.26. The summed E-state index contributed by atoms with van der Waals surface area (Å²) in [6.45, 7) is 10.1. The van der Waals surface area contributed by atoms with E-state index >= 15 is 0 Å². The number of phenols is 1. The van der Waals surface area contributed by atoms with Gasteiger partial charge in [-0.05, 0) is 58.0 Å². The van der Waals surface area contributed by atoms with Crippen molar-refractivity contribution in [2.45, 2.75) is 39.2 Å². The Morgan fingerprint density at radius 3 is 2.53 bits per heavy atom. The van der Waals surface area contributed by atoms with Crippen molar-refractivity contribution >= 4 is 5.82 Å². The Kier molecular flexibility index (Phi) is 6.39. The molecule has 0 spiro atoms. The Labute approximate surface area is 178 Å². The van der Waals surface area contributed by atoms with Crippen LogP contribution in [0.1, 0.15) is 41.4 Å². The summed E-state index contributed by atoms with van der Waals surface area (Å²) in [4.78, 5) is 14.6. The van der Waals surface area contributed by atoms with Crippen LogP contribution in [0.5, 0.6) is 11.5 Å². The topological polar surface area (TPSA) is 71.0 Å². The largest absolute Gasteiger partial charge is 0.508 e. The van der Waals surface area contributed by atoms with Crippen molar-refractivity contribution in [2.24, 2.45) is 0 Å². The molecule has 2 saturated heterocycles. The molecule has 2 aromatic rings. The fourth-order valence-corrected chi connectivity index (χ4v) is 4.31. The normalized spacial score (nSPS) is 18.6. The second-order valence-corrected chi connectivity index (χ2v) is 8.26. The molecule has 7 heteroatoms. The van der Waals surface area contributed by atoms with Crippen LogP contribution < -0.4 is 9.64 Å². The summed E-state index contributed by atoms with van der Waals surface area (Å²) in [7, 11) is 1.65. The van der Waals surface area contributed by atoms with Crippen LogP contribution >= 0.6 is 0 Å². The van der Waals surface area contributed by atoms with Crippen molar-refractivity contribution in [3.05, 3.63) is 40.8 Å². The minimum Gasteiger partial charge on any atom is -0.508 e. The van der Waals surface area contributed by atoms with E-state index in [1.807, 2.05) is 6.07 Å². The lowest BCUT2D eigenvalue weighted by molar-refractivity contribution is 0.122. The first-order valence-corrected chi connectivity index (χ1v) is 10.8. The number of likely N-dealkylation sites (tertiary alicyclic amines) is 1. The van der Waals surface area contributed by atoms with Crippen LogP contribution in [0.15, 0.2) is 18.2 Å². The van der Waals surface area contributed by atoms with E-state index in [0.717, 1.165) is 87.4 Å². The summed E-state index contributed by atoms with van der Waals surface area (Å²) >= 11 is 0. The zero-order valence-corrected chi connectivity index (χ0v) is 18.2. The van der Waals surface area contributed by atoms with Crippen molar-refractivity contribution in [1.82, 2.24) is 14.9 Å². The minimum atomic E-state index is 0.325. The first kappa shape index (κ1) is 20.9. The van der Waals surface area contributed by atoms with Gasteiger partial charge in [0.05, 0.1) is 20.3 Å². The molecule has 0 amide bonds. The third kappa shape index (κ3) is 4.52. The van der Waals surface area contributed by atoms with E-state index in [4.69, 9.17) is 19.4 Å². The molecule has 1 N–H and O–H groups in total. The SMILES string of the molecule is COc1ccc(O)c(CN2CCC(c3nc(C)c(C)c(N4CCOCC4)n3)CC2)c1. The van der Waals surface area contributed by atoms with Crippen LogP contribution in [-0.4, -0.2) is 66.5 Å². The van der Waals surface area contributed by atoms with E-state index in [1.54, 1.807) is 19.2 Å². The van der Waals surface area contributed by atoms with E-state index in [9.17, 15) is 5.11 Å². The molecule has 0 bridgehead atoms. The molecule has 0 aliphatic carbocycles. The molecule has 1 aromatic carbocycles. The van der Waals surface area contributed by atoms with Crippen LogP contribution in [0, 0.1) is 13.8 Å². The highest BCUT2D eigenvalue weighted by molar-refractivity contribution is 5.49. The fraction of sp³-hybridized carbons (Fsp3) is 0.565. The van der Waals surface area contributed by atoms with Crippen LogP contribution in [-0.2, 0) is 11.3 Å². The number of ether oxygens (including phenoxy) is 2. The Morgan fingerprint density at radius 1 is 1.10 bits per heavy atom. The molecule has 0 unspecified atom stereocenters. The summed E-state index contributed by atoms with van der Waals surface area (Å²) in [5.74, 6) is 3.52. The highest BCUT2D eigenvalue weighted by atomic mass is 16.5. The number of aromatic hydroxyl groups is 1. The number of hydrogen-bond donors (Lipinski definition) is 1. The van der Waals surface area contributed by atoms with Crippen LogP contribution in [0.4, 0.5) is 5.82 Å². The Hall–Kier alpha value is -2.38. The standard InChI is InChI=1S/C23H32N4O3/c1-16-17(2)24-22(25-23(16)27-10-12-30-13-11-27)18-6-8-26(9-7-18)15-19-14-20(29-3)4-5-21(19)28/h4-5,14,18,28H,6-13,15H2,1-3H3. The lowest BCUT2D eigenvalue weighted by atomic mass is 9.95. The number of benzene rings is 1. The molecule has 30 heavy (non-hydrogen) atoms. The van der Waals surface area contributed by atoms with Gasteiger partial charge >= 0.3 is 0 Å². The number of rotatable bonds is 5. The molecule has 4 rings (SSSR count). The van der Waals surface area contributed by atoms with Crippen molar-refractivity contribution in [3.63, 3.8) is 0 Å². The summed E-state index contributed by atoms with van der Waals surface area (Å²) in [5.41, 5.74) is 3.15. The van der Waals surface area contributed by atoms with Crippen molar-refractivity contribution in [1.29, 1.82) is 0 Å². The molecule has 2 aliphatic rings. The lowest BCUT2D eigenvalue weighted by Crippen LogP contribution is -2.38. The molecule has 1 aromatic heterocycles. The van der Waals surface area contributed by atoms with E-state index in [-0.39, 0.29) is 0 Å². The summed E-state index contributed by atoms with van der Waals surface area (Å²) in [6.07, 6.45) is 2.05. The Balaban J connectivity index is 1.43. The van der Waals surface area contributed by atoms with Crippen molar-refractivity contribution < 1.29 is 14.6 Å². The van der Waals surface area contributed by atoms with Gasteiger partial charge in [-0.25, -0.2) is 9.97 Å².